The zero-order valence-electron chi connectivity index (χ0n) is 21.4. The fourth-order valence-electron chi connectivity index (χ4n) is 4.16. The quantitative estimate of drug-likeness (QED) is 0.421. The van der Waals surface area contributed by atoms with E-state index in [4.69, 9.17) is 9.84 Å². The molecule has 35 heavy (non-hydrogen) atoms. The average Bonchev–Trinajstić information content (AvgIpc) is 3.14. The molecule has 188 valence electrons. The van der Waals surface area contributed by atoms with Crippen LogP contribution in [0, 0.1) is 0 Å². The lowest BCUT2D eigenvalue weighted by Crippen LogP contribution is -2.40. The molecule has 3 rings (SSSR count). The average molecular weight is 498 g/mol. The number of hydrogen-bond donors (Lipinski definition) is 1. The van der Waals surface area contributed by atoms with Crippen molar-refractivity contribution >= 4 is 16.0 Å². The van der Waals surface area contributed by atoms with Gasteiger partial charge >= 0.3 is 5.97 Å². The Hall–Kier alpha value is -2.97. The number of methoxy groups -OCH3 is 1. The largest absolute Gasteiger partial charge is 0.465 e. The summed E-state index contributed by atoms with van der Waals surface area (Å²) in [6.07, 6.45) is 2.07. The molecule has 0 aliphatic carbocycles. The number of rotatable bonds is 9. The molecular formula is C27H35N3O4S. The fourth-order valence-corrected chi connectivity index (χ4v) is 5.81. The van der Waals surface area contributed by atoms with Crippen LogP contribution in [0.4, 0.5) is 0 Å². The maximum atomic E-state index is 13.0. The molecule has 1 aromatic heterocycles. The predicted molar refractivity (Wildman–Crippen MR) is 138 cm³/mol. The Bertz CT molecular complexity index is 1290. The number of ether oxygens (including phenoxy) is 1. The van der Waals surface area contributed by atoms with Crippen molar-refractivity contribution in [3.8, 4) is 11.1 Å². The van der Waals surface area contributed by atoms with Crippen LogP contribution >= 0.6 is 0 Å². The third-order valence-electron chi connectivity index (χ3n) is 5.54. The number of aromatic nitrogens is 2. The molecule has 7 nitrogen and oxygen atoms in total. The summed E-state index contributed by atoms with van der Waals surface area (Å²) in [4.78, 5) is 12.8. The highest BCUT2D eigenvalue weighted by atomic mass is 32.2. The van der Waals surface area contributed by atoms with E-state index >= 15 is 0 Å². The lowest BCUT2D eigenvalue weighted by Gasteiger charge is -2.21. The maximum absolute atomic E-state index is 13.0. The van der Waals surface area contributed by atoms with Crippen LogP contribution in [-0.4, -0.2) is 36.8 Å². The van der Waals surface area contributed by atoms with Gasteiger partial charge in [0.15, 0.2) is 0 Å². The van der Waals surface area contributed by atoms with Crippen molar-refractivity contribution < 1.29 is 17.9 Å². The first-order valence-electron chi connectivity index (χ1n) is 11.9. The van der Waals surface area contributed by atoms with Crippen molar-refractivity contribution in [1.29, 1.82) is 0 Å². The Morgan fingerprint density at radius 3 is 2.29 bits per heavy atom. The SMILES string of the molecule is CCCn1nc(Cc2ccc(-c3ccccc3S(=O)(=O)NC(C)(C)C)cc2)c(C(=O)OC)c1CC. The first-order valence-corrected chi connectivity index (χ1v) is 13.4. The topological polar surface area (TPSA) is 90.3 Å². The van der Waals surface area contributed by atoms with Gasteiger partial charge in [0, 0.05) is 24.1 Å². The monoisotopic (exact) mass is 497 g/mol. The number of sulfonamides is 1. The maximum Gasteiger partial charge on any atom is 0.341 e. The van der Waals surface area contributed by atoms with Crippen LogP contribution < -0.4 is 4.72 Å². The molecule has 0 spiro atoms. The van der Waals surface area contributed by atoms with Crippen molar-refractivity contribution in [2.24, 2.45) is 0 Å². The Morgan fingerprint density at radius 1 is 1.06 bits per heavy atom. The second-order valence-electron chi connectivity index (χ2n) is 9.56. The third-order valence-corrected chi connectivity index (χ3v) is 7.36. The van der Waals surface area contributed by atoms with Gasteiger partial charge in [-0.05, 0) is 50.8 Å². The van der Waals surface area contributed by atoms with Gasteiger partial charge in [-0.3, -0.25) is 4.68 Å². The molecule has 0 aliphatic rings. The Labute approximate surface area is 208 Å². The molecule has 1 N–H and O–H groups in total. The van der Waals surface area contributed by atoms with Gasteiger partial charge < -0.3 is 4.74 Å². The van der Waals surface area contributed by atoms with E-state index in [0.29, 0.717) is 29.7 Å². The highest BCUT2D eigenvalue weighted by molar-refractivity contribution is 7.89. The second kappa shape index (κ2) is 10.7. The van der Waals surface area contributed by atoms with Crippen molar-refractivity contribution in [2.75, 3.05) is 7.11 Å². The standard InChI is InChI=1S/C27H35N3O4S/c1-7-17-30-23(8-2)25(26(31)34-6)22(28-30)18-19-13-15-20(16-14-19)21-11-9-10-12-24(21)35(32,33)29-27(3,4)5/h9-16,29H,7-8,17-18H2,1-6H3. The van der Waals surface area contributed by atoms with Crippen LogP contribution in [0.1, 0.15) is 68.3 Å². The van der Waals surface area contributed by atoms with E-state index in [0.717, 1.165) is 29.8 Å². The number of carbonyl (C=O) groups excluding carboxylic acids is 1. The summed E-state index contributed by atoms with van der Waals surface area (Å²) < 4.78 is 35.7. The van der Waals surface area contributed by atoms with Crippen LogP contribution in [0.25, 0.3) is 11.1 Å². The fraction of sp³-hybridized carbons (Fsp3) is 0.407. The molecule has 2 aromatic carbocycles. The van der Waals surface area contributed by atoms with Crippen molar-refractivity contribution in [3.63, 3.8) is 0 Å². The highest BCUT2D eigenvalue weighted by Gasteiger charge is 2.25. The molecule has 1 heterocycles. The van der Waals surface area contributed by atoms with E-state index in [2.05, 4.69) is 11.6 Å². The van der Waals surface area contributed by atoms with Gasteiger partial charge in [0.2, 0.25) is 10.0 Å². The molecule has 3 aromatic rings. The van der Waals surface area contributed by atoms with Crippen molar-refractivity contribution in [3.05, 3.63) is 71.0 Å². The number of hydrogen-bond acceptors (Lipinski definition) is 5. The van der Waals surface area contributed by atoms with Crippen LogP contribution in [0.5, 0.6) is 0 Å². The molecule has 0 bridgehead atoms. The number of nitrogens with one attached hydrogen (secondary N) is 1. The molecule has 8 heteroatoms. The van der Waals surface area contributed by atoms with Crippen molar-refractivity contribution in [1.82, 2.24) is 14.5 Å². The van der Waals surface area contributed by atoms with Crippen LogP contribution in [-0.2, 0) is 34.1 Å². The number of nitrogens with zero attached hydrogens (tertiary/aromatic N) is 2. The summed E-state index contributed by atoms with van der Waals surface area (Å²) >= 11 is 0. The smallest absolute Gasteiger partial charge is 0.341 e. The predicted octanol–water partition coefficient (Wildman–Crippen LogP) is 4.98. The zero-order chi connectivity index (χ0) is 25.8. The molecular weight excluding hydrogens is 462 g/mol. The summed E-state index contributed by atoms with van der Waals surface area (Å²) in [5.41, 5.74) is 3.91. The van der Waals surface area contributed by atoms with E-state index in [9.17, 15) is 13.2 Å². The van der Waals surface area contributed by atoms with E-state index in [1.807, 2.05) is 68.8 Å². The van der Waals surface area contributed by atoms with Gasteiger partial charge in [-0.25, -0.2) is 17.9 Å². The molecule has 0 radical (unpaired) electrons. The number of benzene rings is 2. The minimum Gasteiger partial charge on any atom is -0.465 e. The molecule has 0 unspecified atom stereocenters. The lowest BCUT2D eigenvalue weighted by atomic mass is 10.0. The Morgan fingerprint density at radius 2 is 1.71 bits per heavy atom. The summed E-state index contributed by atoms with van der Waals surface area (Å²) in [5, 5.41) is 4.72. The molecule has 0 atom stereocenters. The van der Waals surface area contributed by atoms with Gasteiger partial charge in [0.25, 0.3) is 0 Å². The van der Waals surface area contributed by atoms with Crippen molar-refractivity contribution in [2.45, 2.75) is 70.9 Å². The van der Waals surface area contributed by atoms with Gasteiger partial charge in [-0.15, -0.1) is 0 Å². The van der Waals surface area contributed by atoms with Crippen LogP contribution in [0.2, 0.25) is 0 Å². The number of carbonyl (C=O) groups is 1. The molecule has 0 saturated heterocycles. The molecule has 0 aliphatic heterocycles. The summed E-state index contributed by atoms with van der Waals surface area (Å²) in [6, 6.07) is 14.7. The van der Waals surface area contributed by atoms with Crippen LogP contribution in [0.15, 0.2) is 53.4 Å². The third kappa shape index (κ3) is 6.18. The van der Waals surface area contributed by atoms with E-state index in [1.54, 1.807) is 12.1 Å². The van der Waals surface area contributed by atoms with Crippen LogP contribution in [0.3, 0.4) is 0 Å². The first-order chi connectivity index (χ1) is 16.5. The minimum absolute atomic E-state index is 0.238. The summed E-state index contributed by atoms with van der Waals surface area (Å²) in [7, 11) is -2.31. The normalized spacial score (nSPS) is 12.1. The van der Waals surface area contributed by atoms with Gasteiger partial charge in [0.1, 0.15) is 5.56 Å². The number of esters is 1. The lowest BCUT2D eigenvalue weighted by molar-refractivity contribution is 0.0598. The van der Waals surface area contributed by atoms with Gasteiger partial charge in [0.05, 0.1) is 23.4 Å². The Balaban J connectivity index is 1.96. The van der Waals surface area contributed by atoms with Gasteiger partial charge in [-0.2, -0.15) is 5.10 Å². The minimum atomic E-state index is -3.70. The number of aryl methyl sites for hydroxylation is 1. The van der Waals surface area contributed by atoms with Gasteiger partial charge in [-0.1, -0.05) is 56.3 Å². The summed E-state index contributed by atoms with van der Waals surface area (Å²) in [5.74, 6) is -0.374. The van der Waals surface area contributed by atoms with E-state index in [-0.39, 0.29) is 10.9 Å². The highest BCUT2D eigenvalue weighted by Crippen LogP contribution is 2.29. The second-order valence-corrected chi connectivity index (χ2v) is 11.2. The first kappa shape index (κ1) is 26.6. The zero-order valence-corrected chi connectivity index (χ0v) is 22.2. The summed E-state index contributed by atoms with van der Waals surface area (Å²) in [6.45, 7) is 10.3. The molecule has 0 amide bonds. The molecule has 0 saturated carbocycles. The van der Waals surface area contributed by atoms with E-state index < -0.39 is 15.6 Å². The Kier molecular flexibility index (Phi) is 8.18. The molecule has 0 fully saturated rings. The van der Waals surface area contributed by atoms with E-state index in [1.165, 1.54) is 7.11 Å².